The van der Waals surface area contributed by atoms with Crippen molar-refractivity contribution in [1.29, 1.82) is 0 Å². The fourth-order valence-electron chi connectivity index (χ4n) is 4.27. The third-order valence-electron chi connectivity index (χ3n) is 5.86. The van der Waals surface area contributed by atoms with Crippen LogP contribution in [-0.4, -0.2) is 52.9 Å². The number of fused-ring (bicyclic) bond motifs is 1. The summed E-state index contributed by atoms with van der Waals surface area (Å²) in [5.74, 6) is 0.650. The van der Waals surface area contributed by atoms with Gasteiger partial charge in [0.2, 0.25) is 5.91 Å². The van der Waals surface area contributed by atoms with Crippen molar-refractivity contribution >= 4 is 12.0 Å². The van der Waals surface area contributed by atoms with Crippen molar-refractivity contribution in [1.82, 2.24) is 14.8 Å². The van der Waals surface area contributed by atoms with E-state index in [4.69, 9.17) is 0 Å². The van der Waals surface area contributed by atoms with Gasteiger partial charge in [-0.25, -0.2) is 4.39 Å². The third kappa shape index (κ3) is 4.47. The van der Waals surface area contributed by atoms with E-state index in [0.717, 1.165) is 50.1 Å². The molecule has 0 saturated carbocycles. The largest absolute Gasteiger partial charge is 0.342 e. The van der Waals surface area contributed by atoms with Gasteiger partial charge < -0.3 is 4.90 Å². The second-order valence-electron chi connectivity index (χ2n) is 7.72. The van der Waals surface area contributed by atoms with Gasteiger partial charge in [-0.1, -0.05) is 30.4 Å². The number of amides is 1. The van der Waals surface area contributed by atoms with Gasteiger partial charge in [-0.3, -0.25) is 14.7 Å². The maximum absolute atomic E-state index is 12.9. The van der Waals surface area contributed by atoms with E-state index in [1.165, 1.54) is 12.1 Å². The number of piperidine rings is 1. The number of nitrogens with zero attached hydrogens (tertiary/aromatic N) is 3. The first-order chi connectivity index (χ1) is 13.7. The highest BCUT2D eigenvalue weighted by Crippen LogP contribution is 2.32. The molecule has 146 valence electrons. The summed E-state index contributed by atoms with van der Waals surface area (Å²) in [6.45, 7) is 3.69. The van der Waals surface area contributed by atoms with Crippen LogP contribution < -0.4 is 0 Å². The number of carbonyl (C=O) groups is 1. The minimum Gasteiger partial charge on any atom is -0.342 e. The summed E-state index contributed by atoms with van der Waals surface area (Å²) in [4.78, 5) is 21.2. The van der Waals surface area contributed by atoms with Crippen LogP contribution in [0.1, 0.15) is 24.0 Å². The van der Waals surface area contributed by atoms with E-state index in [1.807, 2.05) is 29.3 Å². The fourth-order valence-corrected chi connectivity index (χ4v) is 4.27. The van der Waals surface area contributed by atoms with Crippen molar-refractivity contribution in [2.75, 3.05) is 26.2 Å². The van der Waals surface area contributed by atoms with Crippen molar-refractivity contribution < 1.29 is 9.18 Å². The van der Waals surface area contributed by atoms with E-state index in [0.29, 0.717) is 18.4 Å². The molecule has 2 fully saturated rings. The quantitative estimate of drug-likeness (QED) is 0.772. The van der Waals surface area contributed by atoms with Crippen LogP contribution in [0.25, 0.3) is 6.08 Å². The number of halogens is 1. The van der Waals surface area contributed by atoms with Gasteiger partial charge in [-0.2, -0.15) is 0 Å². The third-order valence-corrected chi connectivity index (χ3v) is 5.86. The number of aryl methyl sites for hydroxylation is 1. The Morgan fingerprint density at radius 2 is 2.07 bits per heavy atom. The molecular formula is C23H26FN3O. The van der Waals surface area contributed by atoms with Crippen molar-refractivity contribution in [2.45, 2.75) is 25.3 Å². The predicted octanol–water partition coefficient (Wildman–Crippen LogP) is 3.40. The summed E-state index contributed by atoms with van der Waals surface area (Å²) >= 11 is 0. The molecule has 0 bridgehead atoms. The normalized spacial score (nSPS) is 22.1. The first-order valence-corrected chi connectivity index (χ1v) is 10.0. The van der Waals surface area contributed by atoms with Crippen LogP contribution in [0, 0.1) is 11.7 Å². The average Bonchev–Trinajstić information content (AvgIpc) is 2.71. The van der Waals surface area contributed by atoms with Gasteiger partial charge in [0.05, 0.1) is 0 Å². The van der Waals surface area contributed by atoms with Crippen molar-refractivity contribution in [3.05, 3.63) is 71.8 Å². The number of aromatic nitrogens is 1. The van der Waals surface area contributed by atoms with Crippen LogP contribution in [0.15, 0.2) is 54.9 Å². The van der Waals surface area contributed by atoms with Crippen molar-refractivity contribution in [3.8, 4) is 0 Å². The van der Waals surface area contributed by atoms with E-state index in [1.54, 1.807) is 18.3 Å². The molecule has 0 N–H and O–H groups in total. The minimum atomic E-state index is -0.204. The second kappa shape index (κ2) is 8.65. The molecule has 4 rings (SSSR count). The predicted molar refractivity (Wildman–Crippen MR) is 108 cm³/mol. The van der Waals surface area contributed by atoms with Gasteiger partial charge in [-0.15, -0.1) is 0 Å². The monoisotopic (exact) mass is 379 g/mol. The minimum absolute atomic E-state index is 0.204. The standard InChI is InChI=1S/C23H26FN3O/c24-21-8-5-18(6-9-21)4-2-13-26-16-20-17-27(14-11-22(20)26)23(28)10-7-19-3-1-12-25-15-19/h1-6,8-9,12,15,20,22H,7,10-11,13-14,16-17H2/t20-,22+/m1/s1. The van der Waals surface area contributed by atoms with E-state index in [9.17, 15) is 9.18 Å². The second-order valence-corrected chi connectivity index (χ2v) is 7.72. The highest BCUT2D eigenvalue weighted by Gasteiger charge is 2.42. The van der Waals surface area contributed by atoms with Crippen molar-refractivity contribution in [2.24, 2.45) is 5.92 Å². The number of hydrogen-bond donors (Lipinski definition) is 0. The Morgan fingerprint density at radius 1 is 1.21 bits per heavy atom. The average molecular weight is 379 g/mol. The van der Waals surface area contributed by atoms with Gasteiger partial charge in [0.1, 0.15) is 5.82 Å². The Bertz CT molecular complexity index is 822. The maximum Gasteiger partial charge on any atom is 0.222 e. The van der Waals surface area contributed by atoms with E-state index < -0.39 is 0 Å². The number of hydrogen-bond acceptors (Lipinski definition) is 3. The Kier molecular flexibility index (Phi) is 5.81. The van der Waals surface area contributed by atoms with Crippen LogP contribution >= 0.6 is 0 Å². The molecule has 5 heteroatoms. The smallest absolute Gasteiger partial charge is 0.222 e. The summed E-state index contributed by atoms with van der Waals surface area (Å²) in [5, 5.41) is 0. The van der Waals surface area contributed by atoms with Gasteiger partial charge >= 0.3 is 0 Å². The summed E-state index contributed by atoms with van der Waals surface area (Å²) < 4.78 is 12.9. The molecule has 0 unspecified atom stereocenters. The molecule has 2 atom stereocenters. The van der Waals surface area contributed by atoms with Crippen LogP contribution in [0.2, 0.25) is 0 Å². The maximum atomic E-state index is 12.9. The fraction of sp³-hybridized carbons (Fsp3) is 0.391. The molecular weight excluding hydrogens is 353 g/mol. The summed E-state index contributed by atoms with van der Waals surface area (Å²) in [7, 11) is 0. The van der Waals surface area contributed by atoms with E-state index in [2.05, 4.69) is 16.0 Å². The first kappa shape index (κ1) is 18.8. The lowest BCUT2D eigenvalue weighted by Crippen LogP contribution is -2.63. The number of rotatable bonds is 6. The zero-order valence-corrected chi connectivity index (χ0v) is 16.0. The Morgan fingerprint density at radius 3 is 2.82 bits per heavy atom. The highest BCUT2D eigenvalue weighted by atomic mass is 19.1. The Hall–Kier alpha value is -2.53. The van der Waals surface area contributed by atoms with Crippen LogP contribution in [0.5, 0.6) is 0 Å². The summed E-state index contributed by atoms with van der Waals surface area (Å²) in [5.41, 5.74) is 2.14. The lowest BCUT2D eigenvalue weighted by Gasteiger charge is -2.53. The van der Waals surface area contributed by atoms with Crippen LogP contribution in [0.3, 0.4) is 0 Å². The zero-order valence-electron chi connectivity index (χ0n) is 16.0. The molecule has 0 spiro atoms. The molecule has 4 nitrogen and oxygen atoms in total. The highest BCUT2D eigenvalue weighted by molar-refractivity contribution is 5.76. The first-order valence-electron chi connectivity index (χ1n) is 10.0. The molecule has 1 aromatic heterocycles. The summed E-state index contributed by atoms with van der Waals surface area (Å²) in [6, 6.07) is 11.1. The number of benzene rings is 1. The molecule has 0 aliphatic carbocycles. The van der Waals surface area contributed by atoms with Crippen LogP contribution in [0.4, 0.5) is 4.39 Å². The molecule has 2 aliphatic heterocycles. The van der Waals surface area contributed by atoms with Gasteiger partial charge in [0, 0.05) is 57.0 Å². The number of pyridine rings is 1. The molecule has 3 heterocycles. The molecule has 2 aliphatic rings. The van der Waals surface area contributed by atoms with E-state index >= 15 is 0 Å². The van der Waals surface area contributed by atoms with Gasteiger partial charge in [-0.05, 0) is 42.2 Å². The topological polar surface area (TPSA) is 36.4 Å². The molecule has 2 saturated heterocycles. The van der Waals surface area contributed by atoms with E-state index in [-0.39, 0.29) is 11.7 Å². The van der Waals surface area contributed by atoms with Gasteiger partial charge in [0.25, 0.3) is 0 Å². The lowest BCUT2D eigenvalue weighted by molar-refractivity contribution is -0.137. The summed E-state index contributed by atoms with van der Waals surface area (Å²) in [6.07, 6.45) is 10.2. The van der Waals surface area contributed by atoms with Crippen molar-refractivity contribution in [3.63, 3.8) is 0 Å². The molecule has 1 amide bonds. The number of likely N-dealkylation sites (tertiary alicyclic amines) is 2. The Balaban J connectivity index is 1.20. The lowest BCUT2D eigenvalue weighted by atomic mass is 9.82. The Labute approximate surface area is 165 Å². The zero-order chi connectivity index (χ0) is 19.3. The molecule has 0 radical (unpaired) electrons. The number of carbonyl (C=O) groups excluding carboxylic acids is 1. The SMILES string of the molecule is O=C(CCc1cccnc1)N1CC[C@H]2[C@@H](C1)CN2CC=Cc1ccc(F)cc1. The van der Waals surface area contributed by atoms with Gasteiger partial charge in [0.15, 0.2) is 0 Å². The molecule has 2 aromatic rings. The van der Waals surface area contributed by atoms with Crippen LogP contribution in [-0.2, 0) is 11.2 Å². The molecule has 28 heavy (non-hydrogen) atoms. The molecule has 1 aromatic carbocycles.